The Morgan fingerprint density at radius 1 is 1.04 bits per heavy atom. The molecule has 1 amide bonds. The maximum Gasteiger partial charge on any atom is 0.261 e. The average molecular weight is 406 g/mol. The fourth-order valence-corrected chi connectivity index (χ4v) is 4.46. The predicted octanol–water partition coefficient (Wildman–Crippen LogP) is 2.23. The van der Waals surface area contributed by atoms with Crippen LogP contribution in [-0.2, 0) is 15.5 Å². The van der Waals surface area contributed by atoms with Crippen molar-refractivity contribution in [2.24, 2.45) is 0 Å². The minimum Gasteiger partial charge on any atom is -0.369 e. The van der Waals surface area contributed by atoms with Gasteiger partial charge in [-0.15, -0.1) is 0 Å². The quantitative estimate of drug-likeness (QED) is 0.793. The molecule has 0 bridgehead atoms. The summed E-state index contributed by atoms with van der Waals surface area (Å²) in [7, 11) is 1.65. The van der Waals surface area contributed by atoms with Crippen LogP contribution in [0.15, 0.2) is 47.4 Å². The molecule has 0 atom stereocenters. The second-order valence-corrected chi connectivity index (χ2v) is 9.29. The van der Waals surface area contributed by atoms with Crippen LogP contribution in [0.1, 0.15) is 15.9 Å². The molecule has 2 aromatic rings. The van der Waals surface area contributed by atoms with Gasteiger partial charge in [-0.2, -0.15) is 0 Å². The molecule has 1 fully saturated rings. The lowest BCUT2D eigenvalue weighted by atomic mass is 10.1. The van der Waals surface area contributed by atoms with Gasteiger partial charge in [-0.1, -0.05) is 6.07 Å². The van der Waals surface area contributed by atoms with Crippen molar-refractivity contribution in [1.29, 1.82) is 0 Å². The van der Waals surface area contributed by atoms with E-state index in [-0.39, 0.29) is 10.8 Å². The fourth-order valence-electron chi connectivity index (χ4n) is 3.66. The van der Waals surface area contributed by atoms with Crippen LogP contribution in [0.4, 0.5) is 11.4 Å². The van der Waals surface area contributed by atoms with Crippen molar-refractivity contribution in [1.82, 2.24) is 5.32 Å². The lowest BCUT2D eigenvalue weighted by molar-refractivity contribution is 0.0989. The van der Waals surface area contributed by atoms with E-state index in [4.69, 9.17) is 10.7 Å². The van der Waals surface area contributed by atoms with Gasteiger partial charge >= 0.3 is 0 Å². The fraction of sp³-hybridized carbons (Fsp3) is 0.316. The first kappa shape index (κ1) is 18.3. The van der Waals surface area contributed by atoms with Crippen molar-refractivity contribution in [2.45, 2.75) is 11.3 Å². The molecule has 2 aliphatic heterocycles. The summed E-state index contributed by atoms with van der Waals surface area (Å²) in [4.78, 5) is 17.1. The lowest BCUT2D eigenvalue weighted by Crippen LogP contribution is -2.43. The number of hydrogen-bond acceptors (Lipinski definition) is 5. The smallest absolute Gasteiger partial charge is 0.261 e. The Hall–Kier alpha value is -2.09. The Kier molecular flexibility index (Phi) is 4.84. The topological polar surface area (TPSA) is 69.7 Å². The van der Waals surface area contributed by atoms with Crippen LogP contribution in [0, 0.1) is 0 Å². The summed E-state index contributed by atoms with van der Waals surface area (Å²) in [6, 6.07) is 12.4. The number of rotatable bonds is 3. The summed E-state index contributed by atoms with van der Waals surface area (Å²) in [5.41, 5.74) is 3.25. The highest BCUT2D eigenvalue weighted by Gasteiger charge is 2.27. The Labute approximate surface area is 163 Å². The van der Waals surface area contributed by atoms with Gasteiger partial charge in [0.05, 0.1) is 4.90 Å². The van der Waals surface area contributed by atoms with Gasteiger partial charge in [-0.05, 0) is 48.4 Å². The Morgan fingerprint density at radius 3 is 2.56 bits per heavy atom. The number of nitrogens with one attached hydrogen (secondary N) is 1. The number of halogens is 1. The van der Waals surface area contributed by atoms with Gasteiger partial charge in [-0.25, -0.2) is 8.42 Å². The van der Waals surface area contributed by atoms with E-state index >= 15 is 0 Å². The largest absolute Gasteiger partial charge is 0.369 e. The Bertz CT molecular complexity index is 987. The van der Waals surface area contributed by atoms with Crippen molar-refractivity contribution in [2.75, 3.05) is 42.5 Å². The van der Waals surface area contributed by atoms with Crippen molar-refractivity contribution < 1.29 is 13.2 Å². The standard InChI is InChI=1S/C19H20ClN3O3S/c20-27(25,26)17-4-5-18-14(13-17)6-9-23(18)19(24)15-2-1-3-16(12-15)22-10-7-21-8-11-22/h1-5,12-13,21H,6-11H2. The van der Waals surface area contributed by atoms with Crippen LogP contribution in [0.2, 0.25) is 0 Å². The van der Waals surface area contributed by atoms with Crippen LogP contribution in [-0.4, -0.2) is 47.0 Å². The molecule has 4 rings (SSSR count). The zero-order chi connectivity index (χ0) is 19.0. The van der Waals surface area contributed by atoms with Gasteiger partial charge in [0.25, 0.3) is 15.0 Å². The zero-order valence-electron chi connectivity index (χ0n) is 14.7. The molecule has 27 heavy (non-hydrogen) atoms. The number of anilines is 2. The van der Waals surface area contributed by atoms with Crippen molar-refractivity contribution in [3.8, 4) is 0 Å². The van der Waals surface area contributed by atoms with E-state index in [1.54, 1.807) is 17.0 Å². The molecule has 0 aliphatic carbocycles. The molecular weight excluding hydrogens is 386 g/mol. The highest BCUT2D eigenvalue weighted by molar-refractivity contribution is 8.13. The summed E-state index contributed by atoms with van der Waals surface area (Å²) in [6.45, 7) is 4.23. The number of piperazine rings is 1. The van der Waals surface area contributed by atoms with E-state index in [0.29, 0.717) is 18.5 Å². The van der Waals surface area contributed by atoms with E-state index in [0.717, 1.165) is 43.1 Å². The Balaban J connectivity index is 1.60. The van der Waals surface area contributed by atoms with Gasteiger partial charge in [0, 0.05) is 60.3 Å². The SMILES string of the molecule is O=C(c1cccc(N2CCNCC2)c1)N1CCc2cc(S(=O)(=O)Cl)ccc21. The van der Waals surface area contributed by atoms with Gasteiger partial charge in [0.15, 0.2) is 0 Å². The molecular formula is C19H20ClN3O3S. The maximum absolute atomic E-state index is 13.1. The number of carbonyl (C=O) groups excluding carboxylic acids is 1. The molecule has 8 heteroatoms. The summed E-state index contributed by atoms with van der Waals surface area (Å²) < 4.78 is 23.1. The molecule has 0 saturated carbocycles. The zero-order valence-corrected chi connectivity index (χ0v) is 16.3. The second kappa shape index (κ2) is 7.14. The van der Waals surface area contributed by atoms with E-state index in [2.05, 4.69) is 10.2 Å². The van der Waals surface area contributed by atoms with Gasteiger partial charge in [0.1, 0.15) is 0 Å². The molecule has 2 aliphatic rings. The first-order valence-electron chi connectivity index (χ1n) is 8.89. The van der Waals surface area contributed by atoms with Crippen LogP contribution < -0.4 is 15.1 Å². The minimum absolute atomic E-state index is 0.0675. The van der Waals surface area contributed by atoms with E-state index in [9.17, 15) is 13.2 Å². The molecule has 0 spiro atoms. The third kappa shape index (κ3) is 3.67. The lowest BCUT2D eigenvalue weighted by Gasteiger charge is -2.30. The summed E-state index contributed by atoms with van der Waals surface area (Å²) in [5.74, 6) is -0.0767. The number of fused-ring (bicyclic) bond motifs is 1. The molecule has 0 unspecified atom stereocenters. The number of benzene rings is 2. The average Bonchev–Trinajstić information content (AvgIpc) is 3.11. The number of nitrogens with zero attached hydrogens (tertiary/aromatic N) is 2. The number of amides is 1. The number of hydrogen-bond donors (Lipinski definition) is 1. The van der Waals surface area contributed by atoms with Gasteiger partial charge in [0.2, 0.25) is 0 Å². The number of carbonyl (C=O) groups is 1. The molecule has 2 aromatic carbocycles. The third-order valence-electron chi connectivity index (χ3n) is 5.05. The highest BCUT2D eigenvalue weighted by atomic mass is 35.7. The van der Waals surface area contributed by atoms with E-state index < -0.39 is 9.05 Å². The van der Waals surface area contributed by atoms with Crippen molar-refractivity contribution >= 4 is 37.0 Å². The van der Waals surface area contributed by atoms with E-state index in [1.165, 1.54) is 6.07 Å². The molecule has 2 heterocycles. The molecule has 0 aromatic heterocycles. The van der Waals surface area contributed by atoms with Gasteiger partial charge < -0.3 is 15.1 Å². The summed E-state index contributed by atoms with van der Waals surface area (Å²) in [6.07, 6.45) is 0.610. The first-order valence-corrected chi connectivity index (χ1v) is 11.2. The highest BCUT2D eigenvalue weighted by Crippen LogP contribution is 2.32. The molecule has 0 radical (unpaired) electrons. The maximum atomic E-state index is 13.1. The Morgan fingerprint density at radius 2 is 1.81 bits per heavy atom. The monoisotopic (exact) mass is 405 g/mol. The van der Waals surface area contributed by atoms with Crippen LogP contribution in [0.25, 0.3) is 0 Å². The minimum atomic E-state index is -3.77. The first-order chi connectivity index (χ1) is 12.9. The molecule has 1 N–H and O–H groups in total. The van der Waals surface area contributed by atoms with Crippen LogP contribution >= 0.6 is 10.7 Å². The molecule has 6 nitrogen and oxygen atoms in total. The van der Waals surface area contributed by atoms with Crippen molar-refractivity contribution in [3.63, 3.8) is 0 Å². The summed E-state index contributed by atoms with van der Waals surface area (Å²) in [5, 5.41) is 3.32. The van der Waals surface area contributed by atoms with Crippen LogP contribution in [0.5, 0.6) is 0 Å². The third-order valence-corrected chi connectivity index (χ3v) is 6.40. The molecule has 1 saturated heterocycles. The summed E-state index contributed by atoms with van der Waals surface area (Å²) >= 11 is 0. The predicted molar refractivity (Wildman–Crippen MR) is 106 cm³/mol. The molecule has 142 valence electrons. The van der Waals surface area contributed by atoms with Gasteiger partial charge in [-0.3, -0.25) is 4.79 Å². The normalized spacial score (nSPS) is 17.1. The van der Waals surface area contributed by atoms with Crippen LogP contribution in [0.3, 0.4) is 0 Å². The van der Waals surface area contributed by atoms with E-state index in [1.807, 2.05) is 24.3 Å². The van der Waals surface area contributed by atoms with Crippen molar-refractivity contribution in [3.05, 3.63) is 53.6 Å². The second-order valence-electron chi connectivity index (χ2n) is 6.72.